The summed E-state index contributed by atoms with van der Waals surface area (Å²) >= 11 is 5.96. The summed E-state index contributed by atoms with van der Waals surface area (Å²) in [6.45, 7) is 7.62. The number of benzene rings is 2. The molecule has 0 saturated carbocycles. The van der Waals surface area contributed by atoms with Crippen molar-refractivity contribution in [2.75, 3.05) is 11.9 Å². The van der Waals surface area contributed by atoms with Gasteiger partial charge in [-0.3, -0.25) is 9.59 Å². The Labute approximate surface area is 159 Å². The zero-order valence-electron chi connectivity index (χ0n) is 15.7. The van der Waals surface area contributed by atoms with Crippen molar-refractivity contribution >= 4 is 29.1 Å². The minimum absolute atomic E-state index is 0.304. The summed E-state index contributed by atoms with van der Waals surface area (Å²) in [7, 11) is 0. The fraction of sp³-hybridized carbons (Fsp3) is 0.333. The Bertz CT molecular complexity index is 815. The van der Waals surface area contributed by atoms with Gasteiger partial charge in [0.05, 0.1) is 0 Å². The second kappa shape index (κ2) is 8.37. The molecule has 138 valence electrons. The number of aryl methyl sites for hydroxylation is 2. The molecule has 0 unspecified atom stereocenters. The monoisotopic (exact) mass is 372 g/mol. The van der Waals surface area contributed by atoms with Crippen LogP contribution in [0, 0.1) is 19.3 Å². The van der Waals surface area contributed by atoms with Gasteiger partial charge in [0.1, 0.15) is 5.41 Å². The highest BCUT2D eigenvalue weighted by atomic mass is 35.5. The minimum atomic E-state index is -1.17. The second-order valence-electron chi connectivity index (χ2n) is 7.03. The molecular weight excluding hydrogens is 348 g/mol. The van der Waals surface area contributed by atoms with Crippen LogP contribution in [0.1, 0.15) is 30.5 Å². The molecule has 2 amide bonds. The highest BCUT2D eigenvalue weighted by Gasteiger charge is 2.36. The number of hydrogen-bond donors (Lipinski definition) is 2. The van der Waals surface area contributed by atoms with Crippen molar-refractivity contribution in [2.24, 2.45) is 5.41 Å². The molecule has 26 heavy (non-hydrogen) atoms. The number of anilines is 1. The van der Waals surface area contributed by atoms with Crippen molar-refractivity contribution in [3.63, 3.8) is 0 Å². The van der Waals surface area contributed by atoms with Gasteiger partial charge in [-0.05, 0) is 63.4 Å². The second-order valence-corrected chi connectivity index (χ2v) is 7.47. The van der Waals surface area contributed by atoms with Gasteiger partial charge in [0, 0.05) is 17.3 Å². The van der Waals surface area contributed by atoms with Gasteiger partial charge >= 0.3 is 0 Å². The van der Waals surface area contributed by atoms with E-state index >= 15 is 0 Å². The first-order valence-corrected chi connectivity index (χ1v) is 8.99. The maximum Gasteiger partial charge on any atom is 0.239 e. The zero-order chi connectivity index (χ0) is 19.3. The van der Waals surface area contributed by atoms with Gasteiger partial charge in [0.2, 0.25) is 11.8 Å². The summed E-state index contributed by atoms with van der Waals surface area (Å²) in [6, 6.07) is 13.3. The number of nitrogens with one attached hydrogen (secondary N) is 2. The fourth-order valence-electron chi connectivity index (χ4n) is 2.57. The van der Waals surface area contributed by atoms with Crippen LogP contribution in [0.3, 0.4) is 0 Å². The summed E-state index contributed by atoms with van der Waals surface area (Å²) in [5.74, 6) is -0.633. The smallest absolute Gasteiger partial charge is 0.239 e. The molecule has 0 spiro atoms. The molecule has 0 aromatic heterocycles. The standard InChI is InChI=1S/C21H25ClN2O2/c1-14-8-9-18(15(2)12-14)24-20(26)21(3,4)19(25)23-11-10-16-6-5-7-17(22)13-16/h5-9,12-13H,10-11H2,1-4H3,(H,23,25)(H,24,26). The largest absolute Gasteiger partial charge is 0.355 e. The molecule has 2 aromatic rings. The van der Waals surface area contributed by atoms with Gasteiger partial charge in [0.15, 0.2) is 0 Å². The van der Waals surface area contributed by atoms with Crippen molar-refractivity contribution in [1.82, 2.24) is 5.32 Å². The Morgan fingerprint density at radius 3 is 2.42 bits per heavy atom. The molecule has 2 rings (SSSR count). The summed E-state index contributed by atoms with van der Waals surface area (Å²) in [5, 5.41) is 6.36. The average molecular weight is 373 g/mol. The van der Waals surface area contributed by atoms with Crippen molar-refractivity contribution in [2.45, 2.75) is 34.1 Å². The molecule has 0 heterocycles. The molecule has 0 aliphatic carbocycles. The highest BCUT2D eigenvalue weighted by molar-refractivity contribution is 6.30. The van der Waals surface area contributed by atoms with Crippen molar-refractivity contribution in [3.05, 3.63) is 64.2 Å². The van der Waals surface area contributed by atoms with Crippen LogP contribution in [-0.2, 0) is 16.0 Å². The van der Waals surface area contributed by atoms with Gasteiger partial charge < -0.3 is 10.6 Å². The van der Waals surface area contributed by atoms with Gasteiger partial charge in [-0.1, -0.05) is 41.4 Å². The van der Waals surface area contributed by atoms with Crippen molar-refractivity contribution in [3.8, 4) is 0 Å². The van der Waals surface area contributed by atoms with Gasteiger partial charge in [-0.15, -0.1) is 0 Å². The van der Waals surface area contributed by atoms with E-state index in [1.807, 2.05) is 56.3 Å². The zero-order valence-corrected chi connectivity index (χ0v) is 16.4. The first-order valence-electron chi connectivity index (χ1n) is 8.61. The van der Waals surface area contributed by atoms with E-state index < -0.39 is 5.41 Å². The molecule has 0 radical (unpaired) electrons. The van der Waals surface area contributed by atoms with Crippen LogP contribution in [-0.4, -0.2) is 18.4 Å². The predicted octanol–water partition coefficient (Wildman–Crippen LogP) is 4.28. The summed E-state index contributed by atoms with van der Waals surface area (Å²) in [5.41, 5.74) is 2.68. The lowest BCUT2D eigenvalue weighted by molar-refractivity contribution is -0.138. The van der Waals surface area contributed by atoms with Crippen LogP contribution in [0.25, 0.3) is 0 Å². The highest BCUT2D eigenvalue weighted by Crippen LogP contribution is 2.22. The SMILES string of the molecule is Cc1ccc(NC(=O)C(C)(C)C(=O)NCCc2cccc(Cl)c2)c(C)c1. The molecule has 0 aliphatic heterocycles. The van der Waals surface area contributed by atoms with E-state index in [9.17, 15) is 9.59 Å². The van der Waals surface area contributed by atoms with Crippen LogP contribution in [0.4, 0.5) is 5.69 Å². The number of carbonyl (C=O) groups is 2. The van der Waals surface area contributed by atoms with E-state index in [1.54, 1.807) is 13.8 Å². The maximum absolute atomic E-state index is 12.6. The molecule has 0 saturated heterocycles. The quantitative estimate of drug-likeness (QED) is 0.743. The number of carbonyl (C=O) groups excluding carboxylic acids is 2. The van der Waals surface area contributed by atoms with E-state index in [-0.39, 0.29) is 11.8 Å². The van der Waals surface area contributed by atoms with Crippen LogP contribution < -0.4 is 10.6 Å². The van der Waals surface area contributed by atoms with Gasteiger partial charge in [0.25, 0.3) is 0 Å². The molecule has 0 aliphatic rings. The summed E-state index contributed by atoms with van der Waals surface area (Å²) in [6.07, 6.45) is 0.654. The lowest BCUT2D eigenvalue weighted by Crippen LogP contribution is -2.45. The summed E-state index contributed by atoms with van der Waals surface area (Å²) < 4.78 is 0. The van der Waals surface area contributed by atoms with Crippen LogP contribution in [0.2, 0.25) is 5.02 Å². The first kappa shape index (κ1) is 20.0. The first-order chi connectivity index (χ1) is 12.2. The third-order valence-electron chi connectivity index (χ3n) is 4.35. The van der Waals surface area contributed by atoms with Gasteiger partial charge in [-0.2, -0.15) is 0 Å². The Balaban J connectivity index is 1.94. The van der Waals surface area contributed by atoms with E-state index in [4.69, 9.17) is 11.6 Å². The number of hydrogen-bond acceptors (Lipinski definition) is 2. The Morgan fingerprint density at radius 1 is 1.04 bits per heavy atom. The third-order valence-corrected chi connectivity index (χ3v) is 4.59. The Hall–Kier alpha value is -2.33. The van der Waals surface area contributed by atoms with Crippen LogP contribution in [0.15, 0.2) is 42.5 Å². The lowest BCUT2D eigenvalue weighted by Gasteiger charge is -2.23. The molecule has 4 nitrogen and oxygen atoms in total. The van der Waals surface area contributed by atoms with E-state index in [1.165, 1.54) is 0 Å². The average Bonchev–Trinajstić information content (AvgIpc) is 2.57. The minimum Gasteiger partial charge on any atom is -0.355 e. The number of rotatable bonds is 6. The van der Waals surface area contributed by atoms with Crippen LogP contribution >= 0.6 is 11.6 Å². The van der Waals surface area contributed by atoms with Crippen molar-refractivity contribution in [1.29, 1.82) is 0 Å². The van der Waals surface area contributed by atoms with E-state index in [0.29, 0.717) is 18.0 Å². The number of amides is 2. The molecule has 2 N–H and O–H groups in total. The fourth-order valence-corrected chi connectivity index (χ4v) is 2.78. The molecule has 0 bridgehead atoms. The molecule has 0 atom stereocenters. The topological polar surface area (TPSA) is 58.2 Å². The third kappa shape index (κ3) is 5.09. The van der Waals surface area contributed by atoms with Gasteiger partial charge in [-0.25, -0.2) is 0 Å². The predicted molar refractivity (Wildman–Crippen MR) is 106 cm³/mol. The van der Waals surface area contributed by atoms with Crippen LogP contribution in [0.5, 0.6) is 0 Å². The Morgan fingerprint density at radius 2 is 1.77 bits per heavy atom. The normalized spacial score (nSPS) is 11.1. The molecular formula is C21H25ClN2O2. The molecule has 0 fully saturated rings. The van der Waals surface area contributed by atoms with E-state index in [0.717, 1.165) is 22.4 Å². The maximum atomic E-state index is 12.6. The Kier molecular flexibility index (Phi) is 6.43. The molecule has 2 aromatic carbocycles. The van der Waals surface area contributed by atoms with Crippen molar-refractivity contribution < 1.29 is 9.59 Å². The molecule has 5 heteroatoms. The number of halogens is 1. The van der Waals surface area contributed by atoms with E-state index in [2.05, 4.69) is 10.6 Å². The summed E-state index contributed by atoms with van der Waals surface area (Å²) in [4.78, 5) is 25.1. The lowest BCUT2D eigenvalue weighted by atomic mass is 9.90.